The second kappa shape index (κ2) is 5.47. The molecule has 0 aliphatic heterocycles. The maximum absolute atomic E-state index is 11.3. The molecule has 2 N–H and O–H groups in total. The summed E-state index contributed by atoms with van der Waals surface area (Å²) in [4.78, 5) is 18.4. The molecule has 4 nitrogen and oxygen atoms in total. The van der Waals surface area contributed by atoms with Gasteiger partial charge in [0.15, 0.2) is 0 Å². The Kier molecular flexibility index (Phi) is 3.95. The first-order valence-electron chi connectivity index (χ1n) is 5.11. The molecule has 0 saturated heterocycles. The number of benzene rings is 2. The molecule has 90 valence electrons. The smallest absolute Gasteiger partial charge is 0.156 e. The van der Waals surface area contributed by atoms with Crippen molar-refractivity contribution in [1.82, 2.24) is 0 Å². The molecule has 2 unspecified atom stereocenters. The predicted octanol–water partition coefficient (Wildman–Crippen LogP) is 2.07. The Hall–Kier alpha value is -1.44. The van der Waals surface area contributed by atoms with Crippen LogP contribution in [0, 0.1) is 0 Å². The van der Waals surface area contributed by atoms with Crippen LogP contribution < -0.4 is 10.6 Å². The Morgan fingerprint density at radius 3 is 2.06 bits per heavy atom. The summed E-state index contributed by atoms with van der Waals surface area (Å²) in [5, 5.41) is 0.501. The highest BCUT2D eigenvalue weighted by Gasteiger charge is 2.27. The van der Waals surface area contributed by atoms with E-state index in [0.29, 0.717) is 5.56 Å². The largest absolute Gasteiger partial charge is 0.546 e. The zero-order valence-electron chi connectivity index (χ0n) is 9.22. The maximum Gasteiger partial charge on any atom is 0.546 e. The van der Waals surface area contributed by atoms with Gasteiger partial charge in [-0.25, -0.2) is 0 Å². The average molecular weight is 280 g/mol. The zero-order valence-corrected chi connectivity index (χ0v) is 11.0. The van der Waals surface area contributed by atoms with Gasteiger partial charge in [-0.15, -0.1) is 0 Å². The van der Waals surface area contributed by atoms with E-state index in [1.807, 2.05) is 6.07 Å². The Bertz CT molecular complexity index is 611. The molecular formula is C12H10O4P2+2. The number of rotatable bonds is 3. The van der Waals surface area contributed by atoms with Crippen molar-refractivity contribution in [3.8, 4) is 11.1 Å². The monoisotopic (exact) mass is 280 g/mol. The van der Waals surface area contributed by atoms with Crippen molar-refractivity contribution >= 4 is 26.7 Å². The van der Waals surface area contributed by atoms with Crippen molar-refractivity contribution in [2.45, 2.75) is 0 Å². The van der Waals surface area contributed by atoms with E-state index in [9.17, 15) is 14.0 Å². The average Bonchev–Trinajstić information content (AvgIpc) is 2.39. The van der Waals surface area contributed by atoms with Crippen LogP contribution >= 0.6 is 16.1 Å². The van der Waals surface area contributed by atoms with Crippen molar-refractivity contribution in [2.75, 3.05) is 0 Å². The van der Waals surface area contributed by atoms with Crippen LogP contribution in [-0.2, 0) is 9.13 Å². The fraction of sp³-hybridized carbons (Fsp3) is 0. The summed E-state index contributed by atoms with van der Waals surface area (Å²) in [5.74, 6) is 0. The number of hydrogen-bond donors (Lipinski definition) is 2. The van der Waals surface area contributed by atoms with Crippen molar-refractivity contribution in [3.05, 3.63) is 48.5 Å². The van der Waals surface area contributed by atoms with Crippen molar-refractivity contribution in [1.29, 1.82) is 0 Å². The Morgan fingerprint density at radius 2 is 1.50 bits per heavy atom. The summed E-state index contributed by atoms with van der Waals surface area (Å²) in [7, 11) is -4.96. The molecule has 2 rings (SSSR count). The van der Waals surface area contributed by atoms with Crippen LogP contribution in [0.25, 0.3) is 11.1 Å². The maximum atomic E-state index is 11.3. The van der Waals surface area contributed by atoms with Crippen LogP contribution in [0.15, 0.2) is 48.5 Å². The van der Waals surface area contributed by atoms with Crippen LogP contribution in [-0.4, -0.2) is 9.79 Å². The molecule has 0 amide bonds. The summed E-state index contributed by atoms with van der Waals surface area (Å²) >= 11 is 0. The minimum atomic E-state index is -2.50. The lowest BCUT2D eigenvalue weighted by molar-refractivity contribution is 0.511. The van der Waals surface area contributed by atoms with Crippen molar-refractivity contribution < 1.29 is 18.9 Å². The van der Waals surface area contributed by atoms with Crippen LogP contribution in [0.2, 0.25) is 0 Å². The lowest BCUT2D eigenvalue weighted by Gasteiger charge is -2.00. The molecule has 0 heterocycles. The van der Waals surface area contributed by atoms with Crippen LogP contribution in [0.3, 0.4) is 0 Å². The highest BCUT2D eigenvalue weighted by atomic mass is 31.1. The Labute approximate surface area is 106 Å². The molecule has 0 aliphatic rings. The fourth-order valence-electron chi connectivity index (χ4n) is 1.66. The van der Waals surface area contributed by atoms with Crippen LogP contribution in [0.5, 0.6) is 0 Å². The van der Waals surface area contributed by atoms with E-state index < -0.39 is 16.1 Å². The summed E-state index contributed by atoms with van der Waals surface area (Å²) in [6.45, 7) is 0. The fourth-order valence-corrected chi connectivity index (χ4v) is 2.70. The highest BCUT2D eigenvalue weighted by Crippen LogP contribution is 2.26. The predicted molar refractivity (Wildman–Crippen MR) is 70.8 cm³/mol. The minimum absolute atomic E-state index is 0.240. The normalized spacial score (nSPS) is 12.1. The standard InChI is InChI=1S/C12H8O4P2/c13-17(14)10-6-7-12(18(15)16)11(8-10)9-4-2-1-3-5-9/h1-8H/p+2. The van der Waals surface area contributed by atoms with E-state index in [-0.39, 0.29) is 10.6 Å². The van der Waals surface area contributed by atoms with Gasteiger partial charge < -0.3 is 0 Å². The zero-order chi connectivity index (χ0) is 13.1. The first-order chi connectivity index (χ1) is 8.59. The van der Waals surface area contributed by atoms with E-state index in [1.54, 1.807) is 24.3 Å². The van der Waals surface area contributed by atoms with E-state index >= 15 is 0 Å². The van der Waals surface area contributed by atoms with Gasteiger partial charge in [0, 0.05) is 11.6 Å². The van der Waals surface area contributed by atoms with Crippen LogP contribution in [0.1, 0.15) is 0 Å². The van der Waals surface area contributed by atoms with Gasteiger partial charge >= 0.3 is 16.1 Å². The van der Waals surface area contributed by atoms with E-state index in [1.165, 1.54) is 18.2 Å². The van der Waals surface area contributed by atoms with Crippen LogP contribution in [0.4, 0.5) is 0 Å². The molecule has 0 aliphatic carbocycles. The third-order valence-electron chi connectivity index (χ3n) is 2.49. The van der Waals surface area contributed by atoms with Gasteiger partial charge in [-0.3, -0.25) is 0 Å². The first-order valence-corrected chi connectivity index (χ1v) is 7.54. The first kappa shape index (κ1) is 13.0. The molecule has 2 aromatic rings. The number of hydrogen-bond acceptors (Lipinski definition) is 2. The molecule has 0 aromatic heterocycles. The van der Waals surface area contributed by atoms with Gasteiger partial charge in [0.05, 0.1) is 0 Å². The van der Waals surface area contributed by atoms with Crippen molar-refractivity contribution in [3.63, 3.8) is 0 Å². The van der Waals surface area contributed by atoms with E-state index in [4.69, 9.17) is 4.89 Å². The highest BCUT2D eigenvalue weighted by molar-refractivity contribution is 7.48. The molecule has 0 bridgehead atoms. The lowest BCUT2D eigenvalue weighted by Crippen LogP contribution is -2.07. The summed E-state index contributed by atoms with van der Waals surface area (Å²) in [6, 6.07) is 13.3. The Morgan fingerprint density at radius 1 is 0.833 bits per heavy atom. The molecule has 18 heavy (non-hydrogen) atoms. The van der Waals surface area contributed by atoms with E-state index in [0.717, 1.165) is 5.56 Å². The molecule has 0 saturated carbocycles. The summed E-state index contributed by atoms with van der Waals surface area (Å²) in [5.41, 5.74) is 1.25. The molecule has 6 heteroatoms. The second-order valence-corrected chi connectivity index (χ2v) is 5.70. The van der Waals surface area contributed by atoms with Gasteiger partial charge in [0.1, 0.15) is 0 Å². The third kappa shape index (κ3) is 2.69. The summed E-state index contributed by atoms with van der Waals surface area (Å²) in [6.07, 6.45) is 0. The van der Waals surface area contributed by atoms with Gasteiger partial charge in [-0.05, 0) is 26.8 Å². The third-order valence-corrected chi connectivity index (χ3v) is 4.01. The Balaban J connectivity index is 2.65. The van der Waals surface area contributed by atoms with Gasteiger partial charge in [0.2, 0.25) is 10.6 Å². The van der Waals surface area contributed by atoms with E-state index in [2.05, 4.69) is 0 Å². The molecular weight excluding hydrogens is 270 g/mol. The molecule has 2 atom stereocenters. The topological polar surface area (TPSA) is 74.6 Å². The molecule has 0 radical (unpaired) electrons. The molecule has 2 aromatic carbocycles. The SMILES string of the molecule is O=[P+](O)c1ccc([P+](=O)O)c(-c2ccccc2)c1. The second-order valence-electron chi connectivity index (χ2n) is 3.61. The van der Waals surface area contributed by atoms with Gasteiger partial charge in [-0.2, -0.15) is 9.79 Å². The van der Waals surface area contributed by atoms with Crippen molar-refractivity contribution in [2.24, 2.45) is 0 Å². The van der Waals surface area contributed by atoms with Gasteiger partial charge in [0.25, 0.3) is 0 Å². The minimum Gasteiger partial charge on any atom is -0.156 e. The van der Waals surface area contributed by atoms with Gasteiger partial charge in [-0.1, -0.05) is 30.3 Å². The summed E-state index contributed by atoms with van der Waals surface area (Å²) < 4.78 is 22.4. The quantitative estimate of drug-likeness (QED) is 0.844. The lowest BCUT2D eigenvalue weighted by atomic mass is 10.1. The molecule has 0 fully saturated rings. The molecule has 0 spiro atoms.